The average Bonchev–Trinajstić information content (AvgIpc) is 3.65. The van der Waals surface area contributed by atoms with Crippen molar-refractivity contribution < 1.29 is 4.74 Å². The van der Waals surface area contributed by atoms with Gasteiger partial charge in [0.1, 0.15) is 11.5 Å². The first-order valence-corrected chi connectivity index (χ1v) is 21.4. The topological polar surface area (TPSA) is 35.0 Å². The lowest BCUT2D eigenvalue weighted by molar-refractivity contribution is 0.375. The highest BCUT2D eigenvalue weighted by Gasteiger charge is 2.56. The predicted octanol–water partition coefficient (Wildman–Crippen LogP) is 14.8. The van der Waals surface area contributed by atoms with Crippen molar-refractivity contribution >= 4 is 0 Å². The van der Waals surface area contributed by atoms with Gasteiger partial charge in [-0.1, -0.05) is 206 Å². The number of nitrogens with zero attached hydrogens (tertiary/aromatic N) is 2. The fraction of sp³-hybridized carbons (Fsp3) is 0.0508. The first-order chi connectivity index (χ1) is 30.7. The van der Waals surface area contributed by atoms with Crippen LogP contribution in [0.15, 0.2) is 231 Å². The number of hydrogen-bond donors (Lipinski definition) is 0. The summed E-state index contributed by atoms with van der Waals surface area (Å²) in [5.74, 6) is 2.98. The molecule has 3 nitrogen and oxygen atoms in total. The molecule has 3 heteroatoms. The van der Waals surface area contributed by atoms with Gasteiger partial charge in [-0.2, -0.15) is 0 Å². The fourth-order valence-electron chi connectivity index (χ4n) is 10.3. The number of hydrogen-bond acceptors (Lipinski definition) is 3. The number of fused-ring (bicyclic) bond motifs is 9. The van der Waals surface area contributed by atoms with Crippen molar-refractivity contribution in [2.24, 2.45) is 5.92 Å². The Balaban J connectivity index is 0.980. The van der Waals surface area contributed by atoms with Crippen LogP contribution < -0.4 is 4.74 Å². The molecule has 0 fully saturated rings. The van der Waals surface area contributed by atoms with Crippen molar-refractivity contribution in [3.05, 3.63) is 253 Å². The van der Waals surface area contributed by atoms with Gasteiger partial charge in [-0.15, -0.1) is 0 Å². The number of allylic oxidation sites excluding steroid dienone is 4. The molecule has 3 aliphatic rings. The van der Waals surface area contributed by atoms with E-state index in [0.29, 0.717) is 5.82 Å². The summed E-state index contributed by atoms with van der Waals surface area (Å²) in [7, 11) is 0. The van der Waals surface area contributed by atoms with Crippen LogP contribution in [0.2, 0.25) is 0 Å². The van der Waals surface area contributed by atoms with Gasteiger partial charge in [-0.25, -0.2) is 9.97 Å². The molecule has 0 saturated carbocycles. The third kappa shape index (κ3) is 5.81. The second-order valence-corrected chi connectivity index (χ2v) is 16.4. The van der Waals surface area contributed by atoms with E-state index >= 15 is 0 Å². The molecule has 2 heterocycles. The van der Waals surface area contributed by atoms with Gasteiger partial charge in [-0.3, -0.25) is 0 Å². The lowest BCUT2D eigenvalue weighted by Gasteiger charge is -2.43. The van der Waals surface area contributed by atoms with Gasteiger partial charge < -0.3 is 4.74 Å². The van der Waals surface area contributed by atoms with E-state index in [4.69, 9.17) is 14.7 Å². The summed E-state index contributed by atoms with van der Waals surface area (Å²) in [4.78, 5) is 10.5. The first-order valence-electron chi connectivity index (χ1n) is 21.4. The highest BCUT2D eigenvalue weighted by Crippen LogP contribution is 2.65. The van der Waals surface area contributed by atoms with Crippen LogP contribution in [-0.4, -0.2) is 9.97 Å². The molecule has 8 aromatic carbocycles. The Morgan fingerprint density at radius 1 is 0.387 bits per heavy atom. The monoisotopic (exact) mass is 792 g/mol. The Morgan fingerprint density at radius 2 is 0.919 bits per heavy atom. The van der Waals surface area contributed by atoms with Crippen LogP contribution in [0.5, 0.6) is 11.5 Å². The Bertz CT molecular complexity index is 3120. The molecule has 0 saturated heterocycles. The van der Waals surface area contributed by atoms with Crippen LogP contribution in [0.1, 0.15) is 28.2 Å². The minimum atomic E-state index is -0.400. The standard InChI is InChI=1S/C59H40N2O/c1-3-16-39(17-4-1)43-20-13-22-45(36-43)54-38-55(46-23-14-21-44(37-46)40-18-5-2-6-19-40)61-58(60-54)42-34-32-41(33-35-42)47-26-15-30-53-57(47)62-56-31-12-11-29-52(56)59(53)50-27-9-7-24-48(50)49-25-8-10-28-51(49)59/h1-38,48,50H. The Hall–Kier alpha value is -7.88. The largest absolute Gasteiger partial charge is 0.456 e. The van der Waals surface area contributed by atoms with Crippen molar-refractivity contribution in [1.29, 1.82) is 0 Å². The highest BCUT2D eigenvalue weighted by molar-refractivity contribution is 5.82. The van der Waals surface area contributed by atoms with E-state index in [1.165, 1.54) is 33.4 Å². The second kappa shape index (κ2) is 14.7. The molecule has 3 atom stereocenters. The molecule has 2 aliphatic carbocycles. The Kier molecular flexibility index (Phi) is 8.53. The minimum absolute atomic E-state index is 0.215. The quantitative estimate of drug-likeness (QED) is 0.168. The third-order valence-corrected chi connectivity index (χ3v) is 13.1. The molecular weight excluding hydrogens is 753 g/mol. The van der Waals surface area contributed by atoms with Gasteiger partial charge >= 0.3 is 0 Å². The number of rotatable bonds is 6. The molecule has 12 rings (SSSR count). The molecule has 62 heavy (non-hydrogen) atoms. The summed E-state index contributed by atoms with van der Waals surface area (Å²) in [5.41, 5.74) is 16.3. The molecule has 1 aliphatic heterocycles. The summed E-state index contributed by atoms with van der Waals surface area (Å²) in [6.07, 6.45) is 9.21. The Morgan fingerprint density at radius 3 is 1.61 bits per heavy atom. The van der Waals surface area contributed by atoms with E-state index in [-0.39, 0.29) is 11.8 Å². The predicted molar refractivity (Wildman–Crippen MR) is 252 cm³/mol. The van der Waals surface area contributed by atoms with Crippen molar-refractivity contribution in [3.63, 3.8) is 0 Å². The van der Waals surface area contributed by atoms with E-state index in [1.807, 2.05) is 0 Å². The smallest absolute Gasteiger partial charge is 0.160 e. The summed E-state index contributed by atoms with van der Waals surface area (Å²) in [6.45, 7) is 0. The summed E-state index contributed by atoms with van der Waals surface area (Å²) < 4.78 is 7.01. The normalized spacial score (nSPS) is 17.7. The van der Waals surface area contributed by atoms with Crippen LogP contribution in [0.25, 0.3) is 67.3 Å². The van der Waals surface area contributed by atoms with Crippen LogP contribution >= 0.6 is 0 Å². The van der Waals surface area contributed by atoms with Gasteiger partial charge in [0.2, 0.25) is 0 Å². The lowest BCUT2D eigenvalue weighted by Crippen LogP contribution is -2.37. The van der Waals surface area contributed by atoms with E-state index in [2.05, 4.69) is 231 Å². The SMILES string of the molecule is C1=CC2c3ccccc3C3(c4ccccc4Oc4c(-c5ccc(-c6nc(-c7cccc(-c8ccccc8)c7)cc(-c7cccc(-c8ccccc8)c7)n6)cc5)cccc43)C2C=C1. The van der Waals surface area contributed by atoms with Crippen LogP contribution in [0.4, 0.5) is 0 Å². The van der Waals surface area contributed by atoms with E-state index < -0.39 is 5.41 Å². The average molecular weight is 793 g/mol. The third-order valence-electron chi connectivity index (χ3n) is 13.1. The number of ether oxygens (including phenoxy) is 1. The molecule has 1 aromatic heterocycles. The summed E-state index contributed by atoms with van der Waals surface area (Å²) >= 11 is 0. The zero-order chi connectivity index (χ0) is 41.0. The second-order valence-electron chi connectivity index (χ2n) is 16.4. The molecule has 9 aromatic rings. The zero-order valence-corrected chi connectivity index (χ0v) is 33.9. The van der Waals surface area contributed by atoms with Crippen LogP contribution in [0.3, 0.4) is 0 Å². The van der Waals surface area contributed by atoms with Crippen LogP contribution in [-0.2, 0) is 5.41 Å². The first kappa shape index (κ1) is 36.0. The van der Waals surface area contributed by atoms with Crippen molar-refractivity contribution in [2.45, 2.75) is 11.3 Å². The van der Waals surface area contributed by atoms with Gasteiger partial charge in [0.15, 0.2) is 5.82 Å². The van der Waals surface area contributed by atoms with E-state index in [9.17, 15) is 0 Å². The number of para-hydroxylation sites is 2. The Labute approximate surface area is 362 Å². The van der Waals surface area contributed by atoms with Gasteiger partial charge in [-0.05, 0) is 63.2 Å². The van der Waals surface area contributed by atoms with Crippen molar-refractivity contribution in [2.75, 3.05) is 0 Å². The molecule has 3 unspecified atom stereocenters. The molecule has 292 valence electrons. The zero-order valence-electron chi connectivity index (χ0n) is 33.9. The minimum Gasteiger partial charge on any atom is -0.456 e. The fourth-order valence-corrected chi connectivity index (χ4v) is 10.3. The van der Waals surface area contributed by atoms with Gasteiger partial charge in [0.05, 0.1) is 16.8 Å². The molecule has 1 spiro atoms. The maximum absolute atomic E-state index is 7.01. The molecule has 0 amide bonds. The van der Waals surface area contributed by atoms with Crippen molar-refractivity contribution in [1.82, 2.24) is 9.97 Å². The maximum Gasteiger partial charge on any atom is 0.160 e. The molecular formula is C59H40N2O. The molecule has 0 N–H and O–H groups in total. The van der Waals surface area contributed by atoms with Crippen LogP contribution in [0, 0.1) is 5.92 Å². The van der Waals surface area contributed by atoms with E-state index in [1.54, 1.807) is 0 Å². The lowest BCUT2D eigenvalue weighted by atomic mass is 9.61. The molecule has 0 bridgehead atoms. The summed E-state index contributed by atoms with van der Waals surface area (Å²) in [5, 5.41) is 0. The number of benzene rings is 8. The van der Waals surface area contributed by atoms with Gasteiger partial charge in [0.25, 0.3) is 0 Å². The molecule has 0 radical (unpaired) electrons. The number of aromatic nitrogens is 2. The van der Waals surface area contributed by atoms with E-state index in [0.717, 1.165) is 61.8 Å². The highest BCUT2D eigenvalue weighted by atomic mass is 16.5. The van der Waals surface area contributed by atoms with Crippen molar-refractivity contribution in [3.8, 4) is 78.8 Å². The summed E-state index contributed by atoms with van der Waals surface area (Å²) in [6, 6.07) is 73.4. The van der Waals surface area contributed by atoms with Gasteiger partial charge in [0, 0.05) is 45.2 Å². The maximum atomic E-state index is 7.01.